The Morgan fingerprint density at radius 2 is 1.67 bits per heavy atom. The molecule has 0 fully saturated rings. The first kappa shape index (κ1) is 17.4. The van der Waals surface area contributed by atoms with Gasteiger partial charge in [-0.3, -0.25) is 4.79 Å². The summed E-state index contributed by atoms with van der Waals surface area (Å²) in [5, 5.41) is 5.30. The van der Waals surface area contributed by atoms with Crippen molar-refractivity contribution in [3.05, 3.63) is 59.7 Å². The molecule has 0 saturated heterocycles. The molecule has 0 bridgehead atoms. The summed E-state index contributed by atoms with van der Waals surface area (Å²) in [6.45, 7) is 1.88. The van der Waals surface area contributed by atoms with Gasteiger partial charge in [0.05, 0.1) is 18.7 Å². The van der Waals surface area contributed by atoms with E-state index in [4.69, 9.17) is 4.74 Å². The molecule has 0 aliphatic heterocycles. The third-order valence-electron chi connectivity index (χ3n) is 3.05. The van der Waals surface area contributed by atoms with Crippen molar-refractivity contribution in [1.82, 2.24) is 0 Å². The lowest BCUT2D eigenvalue weighted by atomic mass is 10.2. The summed E-state index contributed by atoms with van der Waals surface area (Å²) in [6.07, 6.45) is 0. The van der Waals surface area contributed by atoms with Crippen molar-refractivity contribution >= 4 is 23.3 Å². The summed E-state index contributed by atoms with van der Waals surface area (Å²) in [7, 11) is 0. The molecule has 0 atom stereocenters. The maximum absolute atomic E-state index is 13.1. The monoisotopic (exact) mass is 334 g/mol. The van der Waals surface area contributed by atoms with Gasteiger partial charge in [0.15, 0.2) is 11.6 Å². The molecule has 0 unspecified atom stereocenters. The van der Waals surface area contributed by atoms with Crippen molar-refractivity contribution in [1.29, 1.82) is 0 Å². The van der Waals surface area contributed by atoms with Gasteiger partial charge in [0.2, 0.25) is 5.91 Å². The first-order valence-corrected chi connectivity index (χ1v) is 7.25. The van der Waals surface area contributed by atoms with Crippen LogP contribution in [0.2, 0.25) is 0 Å². The van der Waals surface area contributed by atoms with E-state index in [0.29, 0.717) is 16.9 Å². The van der Waals surface area contributed by atoms with Gasteiger partial charge in [-0.25, -0.2) is 13.6 Å². The topological polar surface area (TPSA) is 67.4 Å². The number of amides is 1. The molecule has 2 aromatic carbocycles. The summed E-state index contributed by atoms with van der Waals surface area (Å²) < 4.78 is 30.7. The SMILES string of the molecule is CCOC(=O)c1ccc(NC(=O)CNc2ccc(F)c(F)c2)cc1. The lowest BCUT2D eigenvalue weighted by Crippen LogP contribution is -2.21. The molecule has 0 saturated carbocycles. The van der Waals surface area contributed by atoms with E-state index in [-0.39, 0.29) is 19.1 Å². The standard InChI is InChI=1S/C17H16F2N2O3/c1-2-24-17(23)11-3-5-12(6-4-11)21-16(22)10-20-13-7-8-14(18)15(19)9-13/h3-9,20H,2,10H2,1H3,(H,21,22). The summed E-state index contributed by atoms with van der Waals surface area (Å²) in [6, 6.07) is 9.50. The van der Waals surface area contributed by atoms with Gasteiger partial charge in [-0.15, -0.1) is 0 Å². The third kappa shape index (κ3) is 4.77. The molecule has 2 aromatic rings. The van der Waals surface area contributed by atoms with Crippen molar-refractivity contribution in [2.75, 3.05) is 23.8 Å². The van der Waals surface area contributed by atoms with Gasteiger partial charge in [0.1, 0.15) is 0 Å². The second-order valence-corrected chi connectivity index (χ2v) is 4.83. The molecule has 0 radical (unpaired) electrons. The van der Waals surface area contributed by atoms with Gasteiger partial charge < -0.3 is 15.4 Å². The number of carbonyl (C=O) groups excluding carboxylic acids is 2. The Hall–Kier alpha value is -2.96. The van der Waals surface area contributed by atoms with Crippen molar-refractivity contribution in [3.8, 4) is 0 Å². The van der Waals surface area contributed by atoms with E-state index in [2.05, 4.69) is 10.6 Å². The van der Waals surface area contributed by atoms with Crippen molar-refractivity contribution < 1.29 is 23.1 Å². The lowest BCUT2D eigenvalue weighted by molar-refractivity contribution is -0.114. The van der Waals surface area contributed by atoms with E-state index in [1.54, 1.807) is 19.1 Å². The Bertz CT molecular complexity index is 733. The normalized spacial score (nSPS) is 10.1. The number of carbonyl (C=O) groups is 2. The molecule has 0 aromatic heterocycles. The molecular weight excluding hydrogens is 318 g/mol. The largest absolute Gasteiger partial charge is 0.462 e. The molecule has 7 heteroatoms. The molecule has 2 rings (SSSR count). The fraction of sp³-hybridized carbons (Fsp3) is 0.176. The molecule has 2 N–H and O–H groups in total. The van der Waals surface area contributed by atoms with Crippen LogP contribution < -0.4 is 10.6 Å². The van der Waals surface area contributed by atoms with Crippen molar-refractivity contribution in [2.24, 2.45) is 0 Å². The highest BCUT2D eigenvalue weighted by molar-refractivity contribution is 5.95. The molecule has 0 heterocycles. The number of rotatable bonds is 6. The zero-order valence-electron chi connectivity index (χ0n) is 12.9. The minimum atomic E-state index is -0.991. The Labute approximate surface area is 137 Å². The maximum Gasteiger partial charge on any atom is 0.338 e. The predicted octanol–water partition coefficient (Wildman–Crippen LogP) is 3.19. The fourth-order valence-corrected chi connectivity index (χ4v) is 1.90. The summed E-state index contributed by atoms with van der Waals surface area (Å²) >= 11 is 0. The Morgan fingerprint density at radius 1 is 1.00 bits per heavy atom. The smallest absolute Gasteiger partial charge is 0.338 e. The molecular formula is C17H16F2N2O3. The summed E-state index contributed by atoms with van der Waals surface area (Å²) in [5.74, 6) is -2.75. The second-order valence-electron chi connectivity index (χ2n) is 4.83. The minimum absolute atomic E-state index is 0.120. The van der Waals surface area contributed by atoms with Crippen LogP contribution in [0.3, 0.4) is 0 Å². The van der Waals surface area contributed by atoms with E-state index in [0.717, 1.165) is 12.1 Å². The molecule has 0 aliphatic carbocycles. The van der Waals surface area contributed by atoms with E-state index >= 15 is 0 Å². The van der Waals surface area contributed by atoms with Gasteiger partial charge in [-0.05, 0) is 43.3 Å². The molecule has 0 spiro atoms. The Morgan fingerprint density at radius 3 is 2.29 bits per heavy atom. The van der Waals surface area contributed by atoms with Crippen LogP contribution in [0.15, 0.2) is 42.5 Å². The molecule has 24 heavy (non-hydrogen) atoms. The van der Waals surface area contributed by atoms with Crippen LogP contribution in [0.1, 0.15) is 17.3 Å². The van der Waals surface area contributed by atoms with E-state index in [1.165, 1.54) is 18.2 Å². The van der Waals surface area contributed by atoms with Crippen molar-refractivity contribution in [2.45, 2.75) is 6.92 Å². The average molecular weight is 334 g/mol. The van der Waals surface area contributed by atoms with Crippen molar-refractivity contribution in [3.63, 3.8) is 0 Å². The van der Waals surface area contributed by atoms with Gasteiger partial charge in [0, 0.05) is 17.4 Å². The quantitative estimate of drug-likeness (QED) is 0.796. The summed E-state index contributed by atoms with van der Waals surface area (Å²) in [4.78, 5) is 23.3. The van der Waals surface area contributed by atoms with Crippen LogP contribution in [0.5, 0.6) is 0 Å². The fourth-order valence-electron chi connectivity index (χ4n) is 1.90. The number of anilines is 2. The number of hydrogen-bond acceptors (Lipinski definition) is 4. The molecule has 0 aliphatic rings. The lowest BCUT2D eigenvalue weighted by Gasteiger charge is -2.09. The highest BCUT2D eigenvalue weighted by Gasteiger charge is 2.08. The van der Waals surface area contributed by atoms with Gasteiger partial charge in [-0.1, -0.05) is 0 Å². The van der Waals surface area contributed by atoms with Crippen LogP contribution in [0, 0.1) is 11.6 Å². The number of ether oxygens (including phenoxy) is 1. The highest BCUT2D eigenvalue weighted by atomic mass is 19.2. The number of benzene rings is 2. The average Bonchev–Trinajstić information content (AvgIpc) is 2.57. The van der Waals surface area contributed by atoms with Gasteiger partial charge >= 0.3 is 5.97 Å². The first-order valence-electron chi connectivity index (χ1n) is 7.25. The van der Waals surface area contributed by atoms with Gasteiger partial charge in [0.25, 0.3) is 0 Å². The molecule has 5 nitrogen and oxygen atoms in total. The number of nitrogens with one attached hydrogen (secondary N) is 2. The predicted molar refractivity (Wildman–Crippen MR) is 85.9 cm³/mol. The van der Waals surface area contributed by atoms with E-state index < -0.39 is 17.6 Å². The number of esters is 1. The Balaban J connectivity index is 1.87. The maximum atomic E-state index is 13.1. The van der Waals surface area contributed by atoms with Crippen LogP contribution in [0.25, 0.3) is 0 Å². The second kappa shape index (κ2) is 8.05. The van der Waals surface area contributed by atoms with E-state index in [9.17, 15) is 18.4 Å². The van der Waals surface area contributed by atoms with Crippen LogP contribution in [-0.4, -0.2) is 25.0 Å². The molecule has 126 valence electrons. The Kier molecular flexibility index (Phi) is 5.83. The minimum Gasteiger partial charge on any atom is -0.462 e. The zero-order valence-corrected chi connectivity index (χ0v) is 12.9. The third-order valence-corrected chi connectivity index (χ3v) is 3.05. The number of halogens is 2. The first-order chi connectivity index (χ1) is 11.5. The summed E-state index contributed by atoms with van der Waals surface area (Å²) in [5.41, 5.74) is 1.18. The molecule has 1 amide bonds. The van der Waals surface area contributed by atoms with E-state index in [1.807, 2.05) is 0 Å². The van der Waals surface area contributed by atoms with Crippen LogP contribution in [0.4, 0.5) is 20.2 Å². The number of hydrogen-bond donors (Lipinski definition) is 2. The van der Waals surface area contributed by atoms with Crippen LogP contribution in [-0.2, 0) is 9.53 Å². The highest BCUT2D eigenvalue weighted by Crippen LogP contribution is 2.13. The van der Waals surface area contributed by atoms with Gasteiger partial charge in [-0.2, -0.15) is 0 Å². The zero-order chi connectivity index (χ0) is 17.5. The van der Waals surface area contributed by atoms with Crippen LogP contribution >= 0.6 is 0 Å².